The molecule has 16 heavy (non-hydrogen) atoms. The first-order valence-electron chi connectivity index (χ1n) is 4.98. The van der Waals surface area contributed by atoms with Crippen molar-refractivity contribution in [3.8, 4) is 0 Å². The highest BCUT2D eigenvalue weighted by Crippen LogP contribution is 2.31. The fraction of sp³-hybridized carbons (Fsp3) is 0.364. The summed E-state index contributed by atoms with van der Waals surface area (Å²) in [5.41, 5.74) is 0.351. The monoisotopic (exact) mass is 303 g/mol. The Morgan fingerprint density at radius 2 is 2.31 bits per heavy atom. The Bertz CT molecular complexity index is 426. The van der Waals surface area contributed by atoms with E-state index in [1.54, 1.807) is 18.2 Å². The summed E-state index contributed by atoms with van der Waals surface area (Å²) < 4.78 is 14.2. The molecule has 0 aliphatic carbocycles. The minimum absolute atomic E-state index is 0.0314. The van der Waals surface area contributed by atoms with Crippen molar-refractivity contribution in [2.45, 2.75) is 6.42 Å². The van der Waals surface area contributed by atoms with Crippen LogP contribution in [0.5, 0.6) is 0 Å². The third-order valence-corrected chi connectivity index (χ3v) is 3.81. The van der Waals surface area contributed by atoms with Gasteiger partial charge in [0.15, 0.2) is 5.82 Å². The first-order chi connectivity index (χ1) is 7.63. The minimum atomic E-state index is -0.379. The van der Waals surface area contributed by atoms with Gasteiger partial charge >= 0.3 is 0 Å². The smallest absolute Gasteiger partial charge is 0.227 e. The molecular formula is C11H11BrFNOS. The molecule has 0 aromatic heterocycles. The van der Waals surface area contributed by atoms with Gasteiger partial charge in [0, 0.05) is 13.0 Å². The molecule has 0 bridgehead atoms. The third kappa shape index (κ3) is 2.11. The van der Waals surface area contributed by atoms with Crippen LogP contribution in [0.4, 0.5) is 10.1 Å². The molecule has 0 radical (unpaired) electrons. The Morgan fingerprint density at radius 1 is 1.56 bits per heavy atom. The van der Waals surface area contributed by atoms with Crippen LogP contribution in [0.3, 0.4) is 0 Å². The summed E-state index contributed by atoms with van der Waals surface area (Å²) in [7, 11) is 0. The lowest BCUT2D eigenvalue weighted by molar-refractivity contribution is -0.117. The van der Waals surface area contributed by atoms with E-state index in [1.807, 2.05) is 0 Å². The van der Waals surface area contributed by atoms with Gasteiger partial charge in [-0.3, -0.25) is 4.79 Å². The maximum absolute atomic E-state index is 13.8. The van der Waals surface area contributed by atoms with Crippen molar-refractivity contribution in [2.24, 2.45) is 5.92 Å². The van der Waals surface area contributed by atoms with Crippen molar-refractivity contribution in [3.05, 3.63) is 28.5 Å². The molecule has 2 nitrogen and oxygen atoms in total. The summed E-state index contributed by atoms with van der Waals surface area (Å²) in [5.74, 6) is 0.457. The van der Waals surface area contributed by atoms with Gasteiger partial charge < -0.3 is 4.90 Å². The highest BCUT2D eigenvalue weighted by atomic mass is 79.9. The first-order valence-corrected chi connectivity index (χ1v) is 6.41. The molecule has 1 fully saturated rings. The van der Waals surface area contributed by atoms with Crippen molar-refractivity contribution in [1.82, 2.24) is 0 Å². The van der Waals surface area contributed by atoms with Crippen molar-refractivity contribution in [2.75, 3.05) is 17.2 Å². The fourth-order valence-electron chi connectivity index (χ4n) is 1.84. The maximum Gasteiger partial charge on any atom is 0.227 e. The van der Waals surface area contributed by atoms with E-state index < -0.39 is 0 Å². The zero-order valence-electron chi connectivity index (χ0n) is 8.49. The minimum Gasteiger partial charge on any atom is -0.309 e. The maximum atomic E-state index is 13.8. The Hall–Kier alpha value is -0.550. The molecule has 0 N–H and O–H groups in total. The van der Waals surface area contributed by atoms with E-state index in [1.165, 1.54) is 4.90 Å². The van der Waals surface area contributed by atoms with Crippen molar-refractivity contribution >= 4 is 40.2 Å². The van der Waals surface area contributed by atoms with Gasteiger partial charge in [0.25, 0.3) is 0 Å². The molecule has 1 heterocycles. The average molecular weight is 304 g/mol. The second-order valence-corrected chi connectivity index (χ2v) is 5.05. The van der Waals surface area contributed by atoms with Gasteiger partial charge in [-0.1, -0.05) is 6.07 Å². The zero-order valence-corrected chi connectivity index (χ0v) is 11.0. The van der Waals surface area contributed by atoms with E-state index in [0.29, 0.717) is 28.9 Å². The highest BCUT2D eigenvalue weighted by molar-refractivity contribution is 9.10. The van der Waals surface area contributed by atoms with Gasteiger partial charge in [0.05, 0.1) is 10.2 Å². The van der Waals surface area contributed by atoms with E-state index in [2.05, 4.69) is 28.6 Å². The topological polar surface area (TPSA) is 20.3 Å². The lowest BCUT2D eigenvalue weighted by Gasteiger charge is -2.17. The Kier molecular flexibility index (Phi) is 3.54. The second-order valence-electron chi connectivity index (χ2n) is 3.83. The van der Waals surface area contributed by atoms with Gasteiger partial charge in [-0.05, 0) is 39.7 Å². The molecule has 1 aliphatic heterocycles. The normalized spacial score (nSPS) is 20.6. The van der Waals surface area contributed by atoms with Crippen LogP contribution in [0.2, 0.25) is 0 Å². The van der Waals surface area contributed by atoms with Crippen LogP contribution < -0.4 is 4.90 Å². The van der Waals surface area contributed by atoms with E-state index in [-0.39, 0.29) is 17.6 Å². The van der Waals surface area contributed by atoms with E-state index in [9.17, 15) is 9.18 Å². The first kappa shape index (κ1) is 11.9. The van der Waals surface area contributed by atoms with Gasteiger partial charge in [-0.2, -0.15) is 12.6 Å². The van der Waals surface area contributed by atoms with Crippen LogP contribution in [0.15, 0.2) is 22.7 Å². The molecule has 1 aromatic rings. The second kappa shape index (κ2) is 4.75. The number of amides is 1. The van der Waals surface area contributed by atoms with Gasteiger partial charge in [0.2, 0.25) is 5.91 Å². The number of thiol groups is 1. The van der Waals surface area contributed by atoms with Crippen LogP contribution in [-0.2, 0) is 4.79 Å². The van der Waals surface area contributed by atoms with Gasteiger partial charge in [-0.15, -0.1) is 0 Å². The van der Waals surface area contributed by atoms with E-state index in [0.717, 1.165) is 0 Å². The molecule has 1 aromatic carbocycles. The summed E-state index contributed by atoms with van der Waals surface area (Å²) in [6.45, 7) is 0.551. The highest BCUT2D eigenvalue weighted by Gasteiger charge is 2.31. The van der Waals surface area contributed by atoms with Crippen molar-refractivity contribution < 1.29 is 9.18 Å². The van der Waals surface area contributed by atoms with Crippen LogP contribution in [0.1, 0.15) is 6.42 Å². The van der Waals surface area contributed by atoms with Crippen molar-refractivity contribution in [1.29, 1.82) is 0 Å². The van der Waals surface area contributed by atoms with Crippen molar-refractivity contribution in [3.63, 3.8) is 0 Å². The average Bonchev–Trinajstić information content (AvgIpc) is 2.64. The number of rotatable bonds is 2. The predicted molar refractivity (Wildman–Crippen MR) is 68.4 cm³/mol. The van der Waals surface area contributed by atoms with Crippen LogP contribution in [-0.4, -0.2) is 18.2 Å². The lowest BCUT2D eigenvalue weighted by Crippen LogP contribution is -2.25. The summed E-state index contributed by atoms with van der Waals surface area (Å²) >= 11 is 7.29. The number of carbonyl (C=O) groups excluding carboxylic acids is 1. The molecule has 1 aliphatic rings. The van der Waals surface area contributed by atoms with Crippen LogP contribution >= 0.6 is 28.6 Å². The van der Waals surface area contributed by atoms with Gasteiger partial charge in [0.1, 0.15) is 0 Å². The Balaban J connectivity index is 2.31. The molecule has 5 heteroatoms. The van der Waals surface area contributed by atoms with Gasteiger partial charge in [-0.25, -0.2) is 4.39 Å². The molecule has 2 rings (SSSR count). The largest absolute Gasteiger partial charge is 0.309 e. The predicted octanol–water partition coefficient (Wildman–Crippen LogP) is 2.87. The Morgan fingerprint density at radius 3 is 2.94 bits per heavy atom. The number of carbonyl (C=O) groups is 1. The molecule has 0 spiro atoms. The number of hydrogen-bond donors (Lipinski definition) is 1. The van der Waals surface area contributed by atoms with E-state index >= 15 is 0 Å². The molecule has 86 valence electrons. The summed E-state index contributed by atoms with van der Waals surface area (Å²) in [6.07, 6.45) is 0.454. The third-order valence-electron chi connectivity index (χ3n) is 2.69. The number of halogens is 2. The molecule has 1 atom stereocenters. The molecule has 1 amide bonds. The quantitative estimate of drug-likeness (QED) is 0.833. The summed E-state index contributed by atoms with van der Waals surface area (Å²) in [4.78, 5) is 13.2. The summed E-state index contributed by atoms with van der Waals surface area (Å²) in [6, 6.07) is 4.97. The van der Waals surface area contributed by atoms with Crippen LogP contribution in [0.25, 0.3) is 0 Å². The zero-order chi connectivity index (χ0) is 11.7. The molecular weight excluding hydrogens is 293 g/mol. The Labute approximate surface area is 107 Å². The molecule has 0 saturated carbocycles. The number of benzene rings is 1. The number of anilines is 1. The fourth-order valence-corrected chi connectivity index (χ4v) is 2.44. The molecule has 1 unspecified atom stereocenters. The summed E-state index contributed by atoms with van der Waals surface area (Å²) in [5, 5.41) is 0. The number of hydrogen-bond acceptors (Lipinski definition) is 2. The molecule has 1 saturated heterocycles. The standard InChI is InChI=1S/C11H11BrFNOS/c12-8-2-1-3-9(11(8)13)14-5-7(6-16)4-10(14)15/h1-3,7,16H,4-6H2. The lowest BCUT2D eigenvalue weighted by atomic mass is 10.1. The SMILES string of the molecule is O=C1CC(CS)CN1c1cccc(Br)c1F. The number of nitrogens with zero attached hydrogens (tertiary/aromatic N) is 1. The van der Waals surface area contributed by atoms with Crippen LogP contribution in [0, 0.1) is 11.7 Å². The van der Waals surface area contributed by atoms with E-state index in [4.69, 9.17) is 0 Å².